The van der Waals surface area contributed by atoms with E-state index < -0.39 is 0 Å². The summed E-state index contributed by atoms with van der Waals surface area (Å²) in [6.07, 6.45) is 4.65. The summed E-state index contributed by atoms with van der Waals surface area (Å²) >= 11 is 0. The summed E-state index contributed by atoms with van der Waals surface area (Å²) < 4.78 is 0. The summed E-state index contributed by atoms with van der Waals surface area (Å²) in [5, 5.41) is 2.61. The maximum atomic E-state index is 2.39. The number of hydrogen-bond acceptors (Lipinski definition) is 0. The fourth-order valence-corrected chi connectivity index (χ4v) is 3.27. The smallest absolute Gasteiger partial charge is 0.00577 e. The van der Waals surface area contributed by atoms with E-state index in [0.717, 1.165) is 12.8 Å². The van der Waals surface area contributed by atoms with Crippen LogP contribution in [0.3, 0.4) is 0 Å². The van der Waals surface area contributed by atoms with Gasteiger partial charge in [-0.25, -0.2) is 0 Å². The molecule has 0 saturated heterocycles. The van der Waals surface area contributed by atoms with Crippen molar-refractivity contribution in [3.8, 4) is 11.1 Å². The summed E-state index contributed by atoms with van der Waals surface area (Å²) in [6.45, 7) is 2.24. The predicted molar refractivity (Wildman–Crippen MR) is 91.4 cm³/mol. The standard InChI is InChI=1S/C21H18/c1-2-15-12-18-8-5-9-20(21(18)13-15)19-11-10-16-6-3-4-7-17(16)14-19/h3-11,13-14H,2,12H2,1H3. The first-order chi connectivity index (χ1) is 10.3. The molecule has 0 nitrogen and oxygen atoms in total. The first-order valence-electron chi connectivity index (χ1n) is 7.65. The maximum absolute atomic E-state index is 2.39. The van der Waals surface area contributed by atoms with E-state index in [4.69, 9.17) is 0 Å². The summed E-state index contributed by atoms with van der Waals surface area (Å²) in [7, 11) is 0. The fraction of sp³-hybridized carbons (Fsp3) is 0.143. The lowest BCUT2D eigenvalue weighted by Crippen LogP contribution is -1.87. The largest absolute Gasteiger partial charge is 0.0655 e. The van der Waals surface area contributed by atoms with Crippen molar-refractivity contribution in [2.75, 3.05) is 0 Å². The highest BCUT2D eigenvalue weighted by Gasteiger charge is 2.15. The van der Waals surface area contributed by atoms with E-state index in [2.05, 4.69) is 73.7 Å². The van der Waals surface area contributed by atoms with Crippen LogP contribution in [-0.4, -0.2) is 0 Å². The molecule has 0 spiro atoms. The average molecular weight is 270 g/mol. The topological polar surface area (TPSA) is 0 Å². The molecule has 0 fully saturated rings. The average Bonchev–Trinajstić information content (AvgIpc) is 2.97. The van der Waals surface area contributed by atoms with Crippen LogP contribution in [0.15, 0.2) is 66.2 Å². The minimum atomic E-state index is 1.12. The van der Waals surface area contributed by atoms with Gasteiger partial charge in [-0.2, -0.15) is 0 Å². The van der Waals surface area contributed by atoms with E-state index in [0.29, 0.717) is 0 Å². The van der Waals surface area contributed by atoms with Crippen molar-refractivity contribution in [2.24, 2.45) is 0 Å². The normalized spacial score (nSPS) is 13.3. The number of rotatable bonds is 2. The zero-order valence-corrected chi connectivity index (χ0v) is 12.3. The number of benzene rings is 3. The van der Waals surface area contributed by atoms with Crippen LogP contribution in [0.4, 0.5) is 0 Å². The minimum Gasteiger partial charge on any atom is -0.0655 e. The Labute approximate surface area is 125 Å². The molecule has 4 rings (SSSR count). The van der Waals surface area contributed by atoms with Gasteiger partial charge in [0.15, 0.2) is 0 Å². The number of allylic oxidation sites excluding steroid dienone is 1. The van der Waals surface area contributed by atoms with Gasteiger partial charge in [0, 0.05) is 0 Å². The molecular weight excluding hydrogens is 252 g/mol. The molecule has 21 heavy (non-hydrogen) atoms. The van der Waals surface area contributed by atoms with E-state index in [-0.39, 0.29) is 0 Å². The van der Waals surface area contributed by atoms with Gasteiger partial charge in [0.05, 0.1) is 0 Å². The second-order valence-electron chi connectivity index (χ2n) is 5.77. The van der Waals surface area contributed by atoms with Crippen molar-refractivity contribution in [3.05, 3.63) is 77.4 Å². The van der Waals surface area contributed by atoms with Gasteiger partial charge in [-0.15, -0.1) is 0 Å². The summed E-state index contributed by atoms with van der Waals surface area (Å²) in [6, 6.07) is 22.0. The van der Waals surface area contributed by atoms with Crippen LogP contribution < -0.4 is 0 Å². The zero-order valence-electron chi connectivity index (χ0n) is 12.3. The molecule has 0 amide bonds. The van der Waals surface area contributed by atoms with Crippen molar-refractivity contribution in [2.45, 2.75) is 19.8 Å². The first kappa shape index (κ1) is 12.4. The van der Waals surface area contributed by atoms with E-state index in [1.807, 2.05) is 0 Å². The van der Waals surface area contributed by atoms with Crippen molar-refractivity contribution < 1.29 is 0 Å². The molecule has 0 heteroatoms. The van der Waals surface area contributed by atoms with Crippen LogP contribution in [0.1, 0.15) is 24.5 Å². The Morgan fingerprint density at radius 2 is 1.71 bits per heavy atom. The molecule has 3 aromatic carbocycles. The Morgan fingerprint density at radius 1 is 0.857 bits per heavy atom. The molecule has 0 atom stereocenters. The van der Waals surface area contributed by atoms with Crippen molar-refractivity contribution in [3.63, 3.8) is 0 Å². The van der Waals surface area contributed by atoms with Crippen LogP contribution in [-0.2, 0) is 6.42 Å². The molecule has 0 bridgehead atoms. The second kappa shape index (κ2) is 4.89. The third-order valence-electron chi connectivity index (χ3n) is 4.48. The van der Waals surface area contributed by atoms with E-state index in [9.17, 15) is 0 Å². The lowest BCUT2D eigenvalue weighted by atomic mass is 9.95. The predicted octanol–water partition coefficient (Wildman–Crippen LogP) is 5.86. The Hall–Kier alpha value is -2.34. The summed E-state index contributed by atoms with van der Waals surface area (Å²) in [4.78, 5) is 0. The van der Waals surface area contributed by atoms with Gasteiger partial charge in [0.2, 0.25) is 0 Å². The zero-order chi connectivity index (χ0) is 14.2. The summed E-state index contributed by atoms with van der Waals surface area (Å²) in [5.41, 5.74) is 7.11. The molecule has 1 aliphatic rings. The highest BCUT2D eigenvalue weighted by Crippen LogP contribution is 2.35. The number of fused-ring (bicyclic) bond motifs is 2. The molecule has 0 N–H and O–H groups in total. The minimum absolute atomic E-state index is 1.12. The molecule has 0 aromatic heterocycles. The number of hydrogen-bond donors (Lipinski definition) is 0. The van der Waals surface area contributed by atoms with Gasteiger partial charge in [-0.3, -0.25) is 0 Å². The van der Waals surface area contributed by atoms with Crippen LogP contribution in [0.25, 0.3) is 28.0 Å². The molecule has 0 heterocycles. The third kappa shape index (κ3) is 2.08. The van der Waals surface area contributed by atoms with Crippen molar-refractivity contribution in [1.82, 2.24) is 0 Å². The second-order valence-corrected chi connectivity index (χ2v) is 5.77. The third-order valence-corrected chi connectivity index (χ3v) is 4.48. The van der Waals surface area contributed by atoms with Gasteiger partial charge in [-0.1, -0.05) is 73.2 Å². The monoisotopic (exact) mass is 270 g/mol. The molecule has 0 aliphatic heterocycles. The summed E-state index contributed by atoms with van der Waals surface area (Å²) in [5.74, 6) is 0. The van der Waals surface area contributed by atoms with Crippen LogP contribution in [0.5, 0.6) is 0 Å². The lowest BCUT2D eigenvalue weighted by molar-refractivity contribution is 1.04. The highest BCUT2D eigenvalue weighted by atomic mass is 14.2. The van der Waals surface area contributed by atoms with Gasteiger partial charge in [-0.05, 0) is 51.9 Å². The van der Waals surface area contributed by atoms with E-state index in [1.165, 1.54) is 33.0 Å². The molecule has 0 unspecified atom stereocenters. The Kier molecular flexibility index (Phi) is 2.89. The van der Waals surface area contributed by atoms with Crippen molar-refractivity contribution in [1.29, 1.82) is 0 Å². The van der Waals surface area contributed by atoms with Crippen LogP contribution in [0.2, 0.25) is 0 Å². The maximum Gasteiger partial charge on any atom is -0.00577 e. The van der Waals surface area contributed by atoms with Gasteiger partial charge < -0.3 is 0 Å². The lowest BCUT2D eigenvalue weighted by Gasteiger charge is -2.09. The Balaban J connectivity index is 1.90. The van der Waals surface area contributed by atoms with Gasteiger partial charge >= 0.3 is 0 Å². The fourth-order valence-electron chi connectivity index (χ4n) is 3.27. The first-order valence-corrected chi connectivity index (χ1v) is 7.65. The molecule has 0 radical (unpaired) electrons. The molecular formula is C21H18. The molecule has 3 aromatic rings. The Morgan fingerprint density at radius 3 is 2.57 bits per heavy atom. The van der Waals surface area contributed by atoms with Crippen molar-refractivity contribution >= 4 is 16.8 Å². The van der Waals surface area contributed by atoms with Gasteiger partial charge in [0.1, 0.15) is 0 Å². The molecule has 1 aliphatic carbocycles. The Bertz CT molecular complexity index is 853. The van der Waals surface area contributed by atoms with Gasteiger partial charge in [0.25, 0.3) is 0 Å². The van der Waals surface area contributed by atoms with E-state index in [1.54, 1.807) is 5.57 Å². The van der Waals surface area contributed by atoms with E-state index >= 15 is 0 Å². The van der Waals surface area contributed by atoms with Crippen LogP contribution >= 0.6 is 0 Å². The molecule has 102 valence electrons. The van der Waals surface area contributed by atoms with Crippen LogP contribution in [0, 0.1) is 0 Å². The highest BCUT2D eigenvalue weighted by molar-refractivity contribution is 5.90. The molecule has 0 saturated carbocycles. The quantitative estimate of drug-likeness (QED) is 0.547. The SMILES string of the molecule is CCC1=Cc2c(cccc2-c2ccc3ccccc3c2)C1.